The molecule has 6 rings (SSSR count). The fourth-order valence-corrected chi connectivity index (χ4v) is 6.51. The van der Waals surface area contributed by atoms with Crippen LogP contribution >= 0.6 is 0 Å². The van der Waals surface area contributed by atoms with Gasteiger partial charge < -0.3 is 26.9 Å². The highest BCUT2D eigenvalue weighted by molar-refractivity contribution is 5.91. The summed E-state index contributed by atoms with van der Waals surface area (Å²) in [5, 5.41) is 2.78. The zero-order valence-electron chi connectivity index (χ0n) is 20.6. The number of carbonyl (C=O) groups is 2. The third-order valence-electron chi connectivity index (χ3n) is 8.44. The first-order chi connectivity index (χ1) is 17.0. The van der Waals surface area contributed by atoms with Crippen molar-refractivity contribution < 1.29 is 35.6 Å². The molecule has 0 radical (unpaired) electrons. The summed E-state index contributed by atoms with van der Waals surface area (Å²) in [5.41, 5.74) is 0.859. The second kappa shape index (κ2) is 11.3. The number of pyridine rings is 1. The number of quaternary nitrogens is 1. The van der Waals surface area contributed by atoms with Gasteiger partial charge in [0.1, 0.15) is 12.4 Å². The number of carbonyl (C=O) groups excluding carboxylic acids is 2. The number of benzene rings is 1. The molecule has 1 atom stereocenters. The van der Waals surface area contributed by atoms with Crippen molar-refractivity contribution in [1.29, 1.82) is 0 Å². The monoisotopic (exact) mass is 515 g/mol. The van der Waals surface area contributed by atoms with Crippen LogP contribution in [0.15, 0.2) is 48.8 Å². The van der Waals surface area contributed by atoms with Gasteiger partial charge in [0, 0.05) is 24.8 Å². The quantitative estimate of drug-likeness (QED) is 0.360. The first kappa shape index (κ1) is 26.6. The Morgan fingerprint density at radius 3 is 2.42 bits per heavy atom. The number of hydrogen-bond donors (Lipinski definition) is 1. The van der Waals surface area contributed by atoms with Crippen molar-refractivity contribution in [3.63, 3.8) is 0 Å². The summed E-state index contributed by atoms with van der Waals surface area (Å²) in [6, 6.07) is 11.4. The van der Waals surface area contributed by atoms with Gasteiger partial charge in [0.15, 0.2) is 12.6 Å². The Labute approximate surface area is 218 Å². The molecule has 2 aromatic rings. The van der Waals surface area contributed by atoms with Gasteiger partial charge in [-0.15, -0.1) is 0 Å². The molecular weight excluding hydrogens is 481 g/mol. The maximum atomic E-state index is 13.9. The Bertz CT molecular complexity index is 1050. The number of esters is 1. The molecule has 1 aromatic heterocycles. The van der Waals surface area contributed by atoms with Crippen LogP contribution in [0.3, 0.4) is 0 Å². The summed E-state index contributed by atoms with van der Waals surface area (Å²) in [4.78, 5) is 30.5. The molecule has 4 fully saturated rings. The topological polar surface area (TPSA) is 68.3 Å². The molecule has 6 nitrogen and oxygen atoms in total. The number of rotatable bonds is 6. The molecule has 3 aliphatic heterocycles. The Morgan fingerprint density at radius 1 is 1.06 bits per heavy atom. The summed E-state index contributed by atoms with van der Waals surface area (Å²) in [6.45, 7) is 2.76. The molecule has 0 unspecified atom stereocenters. The predicted molar refractivity (Wildman–Crippen MR) is 131 cm³/mol. The Hall–Kier alpha value is -2.51. The van der Waals surface area contributed by atoms with Gasteiger partial charge in [0.25, 0.3) is 5.91 Å². The van der Waals surface area contributed by atoms with Gasteiger partial charge in [-0.1, -0.05) is 56.0 Å². The van der Waals surface area contributed by atoms with E-state index in [0.717, 1.165) is 76.2 Å². The lowest BCUT2D eigenvalue weighted by Crippen LogP contribution is -3.00. The molecular formula is C28H35ClFN3O3. The van der Waals surface area contributed by atoms with E-state index in [1.165, 1.54) is 12.3 Å². The summed E-state index contributed by atoms with van der Waals surface area (Å²) in [5.74, 6) is -0.371. The largest absolute Gasteiger partial charge is 1.00 e. The number of nitrogens with one attached hydrogen (secondary N) is 1. The number of fused-ring (bicyclic) bond motifs is 3. The molecule has 3 saturated heterocycles. The van der Waals surface area contributed by atoms with Crippen LogP contribution in [0.1, 0.15) is 56.9 Å². The zero-order valence-corrected chi connectivity index (χ0v) is 21.4. The molecule has 4 heterocycles. The number of hydrogen-bond acceptors (Lipinski definition) is 4. The van der Waals surface area contributed by atoms with Crippen LogP contribution in [0.2, 0.25) is 0 Å². The van der Waals surface area contributed by atoms with E-state index in [2.05, 4.69) is 22.4 Å². The first-order valence-corrected chi connectivity index (χ1v) is 13.0. The van der Waals surface area contributed by atoms with Gasteiger partial charge in [-0.05, 0) is 18.4 Å². The van der Waals surface area contributed by atoms with Gasteiger partial charge >= 0.3 is 5.97 Å². The SMILES string of the molecule is O=C(C[N+]12CCC(CC1)[C@@H](OC(=O)C1(c3ccccc3)CCCCCC1)C2)Nc1cncc(F)c1.[Cl-]. The third kappa shape index (κ3) is 5.57. The van der Waals surface area contributed by atoms with Crippen LogP contribution in [0.25, 0.3) is 0 Å². The Morgan fingerprint density at radius 2 is 1.75 bits per heavy atom. The lowest BCUT2D eigenvalue weighted by atomic mass is 9.74. The number of ether oxygens (including phenoxy) is 1. The first-order valence-electron chi connectivity index (χ1n) is 13.0. The highest BCUT2D eigenvalue weighted by Crippen LogP contribution is 2.42. The fourth-order valence-electron chi connectivity index (χ4n) is 6.51. The summed E-state index contributed by atoms with van der Waals surface area (Å²) < 4.78 is 20.4. The van der Waals surface area contributed by atoms with Crippen molar-refractivity contribution >= 4 is 17.6 Å². The van der Waals surface area contributed by atoms with Crippen LogP contribution in [-0.4, -0.2) is 53.6 Å². The second-order valence-corrected chi connectivity index (χ2v) is 10.7. The van der Waals surface area contributed by atoms with Crippen LogP contribution in [-0.2, 0) is 19.7 Å². The smallest absolute Gasteiger partial charge is 0.317 e. The molecule has 0 spiro atoms. The van der Waals surface area contributed by atoms with Gasteiger partial charge in [0.2, 0.25) is 0 Å². The van der Waals surface area contributed by atoms with Crippen molar-refractivity contribution in [2.75, 3.05) is 31.5 Å². The molecule has 36 heavy (non-hydrogen) atoms. The van der Waals surface area contributed by atoms with E-state index in [1.54, 1.807) is 0 Å². The molecule has 194 valence electrons. The maximum Gasteiger partial charge on any atom is 0.317 e. The van der Waals surface area contributed by atoms with Crippen molar-refractivity contribution in [1.82, 2.24) is 4.98 Å². The number of anilines is 1. The lowest BCUT2D eigenvalue weighted by molar-refractivity contribution is -0.939. The third-order valence-corrected chi connectivity index (χ3v) is 8.44. The van der Waals surface area contributed by atoms with E-state index >= 15 is 0 Å². The molecule has 1 amide bonds. The Kier molecular flexibility index (Phi) is 8.30. The van der Waals surface area contributed by atoms with Crippen molar-refractivity contribution in [3.05, 3.63) is 60.2 Å². The van der Waals surface area contributed by atoms with Crippen molar-refractivity contribution in [3.8, 4) is 0 Å². The molecule has 1 N–H and O–H groups in total. The van der Waals surface area contributed by atoms with E-state index in [-0.39, 0.29) is 30.4 Å². The number of amides is 1. The minimum absolute atomic E-state index is 0. The molecule has 2 bridgehead atoms. The highest BCUT2D eigenvalue weighted by atomic mass is 35.5. The number of aromatic nitrogens is 1. The lowest BCUT2D eigenvalue weighted by Gasteiger charge is -2.52. The van der Waals surface area contributed by atoms with E-state index in [0.29, 0.717) is 29.2 Å². The van der Waals surface area contributed by atoms with Crippen LogP contribution in [0, 0.1) is 11.7 Å². The summed E-state index contributed by atoms with van der Waals surface area (Å²) in [6.07, 6.45) is 10.3. The summed E-state index contributed by atoms with van der Waals surface area (Å²) in [7, 11) is 0. The minimum atomic E-state index is -0.573. The molecule has 1 aliphatic carbocycles. The van der Waals surface area contributed by atoms with E-state index in [9.17, 15) is 14.0 Å². The van der Waals surface area contributed by atoms with Crippen molar-refractivity contribution in [2.24, 2.45) is 5.92 Å². The molecule has 8 heteroatoms. The van der Waals surface area contributed by atoms with Crippen molar-refractivity contribution in [2.45, 2.75) is 62.9 Å². The van der Waals surface area contributed by atoms with Gasteiger partial charge in [-0.2, -0.15) is 0 Å². The second-order valence-electron chi connectivity index (χ2n) is 10.7. The predicted octanol–water partition coefficient (Wildman–Crippen LogP) is 1.61. The Balaban J connectivity index is 0.00000304. The van der Waals surface area contributed by atoms with Gasteiger partial charge in [-0.3, -0.25) is 14.6 Å². The molecule has 1 saturated carbocycles. The molecule has 4 aliphatic rings. The van der Waals surface area contributed by atoms with Crippen LogP contribution < -0.4 is 17.7 Å². The average Bonchev–Trinajstić information content (AvgIpc) is 3.12. The zero-order chi connectivity index (χ0) is 24.3. The van der Waals surface area contributed by atoms with E-state index < -0.39 is 11.2 Å². The number of halogens is 2. The average molecular weight is 516 g/mol. The van der Waals surface area contributed by atoms with E-state index in [4.69, 9.17) is 4.74 Å². The van der Waals surface area contributed by atoms with Crippen LogP contribution in [0.5, 0.6) is 0 Å². The van der Waals surface area contributed by atoms with Gasteiger partial charge in [-0.25, -0.2) is 4.39 Å². The van der Waals surface area contributed by atoms with Gasteiger partial charge in [0.05, 0.1) is 36.6 Å². The minimum Gasteiger partial charge on any atom is -1.00 e. The van der Waals surface area contributed by atoms with E-state index in [1.807, 2.05) is 18.2 Å². The normalized spacial score (nSPS) is 26.8. The van der Waals surface area contributed by atoms with Crippen LogP contribution in [0.4, 0.5) is 10.1 Å². The maximum absolute atomic E-state index is 13.9. The highest BCUT2D eigenvalue weighted by Gasteiger charge is 2.51. The summed E-state index contributed by atoms with van der Waals surface area (Å²) >= 11 is 0. The number of piperidine rings is 3. The molecule has 1 aromatic carbocycles. The fraction of sp³-hybridized carbons (Fsp3) is 0.536. The standard InChI is InChI=1S/C28H34FN3O3.ClH/c29-23-16-24(18-30-17-23)31-26(33)20-32-14-10-21(11-15-32)25(19-32)35-27(34)28(12-6-1-2-7-13-28)22-8-4-3-5-9-22;/h3-5,8-9,16-18,21,25H,1-2,6-7,10-15,19-20H2;1H/t21?,25-,32?;/m0./s1. The number of nitrogens with zero attached hydrogens (tertiary/aromatic N) is 2.